The first-order chi connectivity index (χ1) is 8.68. The summed E-state index contributed by atoms with van der Waals surface area (Å²) in [6, 6.07) is 0. The molecule has 0 aromatic carbocycles. The monoisotopic (exact) mass is 262 g/mol. The Kier molecular flexibility index (Phi) is 2.33. The second-order valence-electron chi connectivity index (χ2n) is 6.88. The molecule has 0 unspecified atom stereocenters. The molecule has 1 aromatic heterocycles. The van der Waals surface area contributed by atoms with E-state index in [0.717, 1.165) is 29.3 Å². The van der Waals surface area contributed by atoms with Crippen molar-refractivity contribution in [2.24, 2.45) is 17.8 Å². The summed E-state index contributed by atoms with van der Waals surface area (Å²) in [6.45, 7) is 2.25. The van der Waals surface area contributed by atoms with E-state index in [1.807, 2.05) is 0 Å². The molecule has 1 aromatic rings. The molecule has 4 fully saturated rings. The predicted octanol–water partition coefficient (Wildman–Crippen LogP) is 3.76. The molecule has 4 saturated carbocycles. The first-order valence-electron chi connectivity index (χ1n) is 7.44. The van der Waals surface area contributed by atoms with Crippen LogP contribution in [0.5, 0.6) is 0 Å². The Bertz CT molecular complexity index is 442. The highest BCUT2D eigenvalue weighted by atomic mass is 32.1. The molecule has 0 spiro atoms. The number of aromatic nitrogens is 1. The second kappa shape index (κ2) is 3.72. The SMILES string of the molecule is CCc1sc(N)nc1C12CC3CC(CC(C3)C1)C2. The van der Waals surface area contributed by atoms with Gasteiger partial charge in [0.05, 0.1) is 5.69 Å². The Hall–Kier alpha value is -0.570. The Labute approximate surface area is 113 Å². The fourth-order valence-electron chi connectivity index (χ4n) is 5.42. The summed E-state index contributed by atoms with van der Waals surface area (Å²) in [5.74, 6) is 2.97. The van der Waals surface area contributed by atoms with Crippen LogP contribution < -0.4 is 5.73 Å². The predicted molar refractivity (Wildman–Crippen MR) is 75.8 cm³/mol. The van der Waals surface area contributed by atoms with Gasteiger partial charge in [-0.2, -0.15) is 0 Å². The molecule has 0 atom stereocenters. The Morgan fingerprint density at radius 2 is 1.72 bits per heavy atom. The van der Waals surface area contributed by atoms with Gasteiger partial charge in [-0.25, -0.2) is 4.98 Å². The Morgan fingerprint density at radius 1 is 1.17 bits per heavy atom. The number of rotatable bonds is 2. The first kappa shape index (κ1) is 11.3. The highest BCUT2D eigenvalue weighted by Crippen LogP contribution is 2.61. The molecule has 2 nitrogen and oxygen atoms in total. The molecule has 3 heteroatoms. The maximum Gasteiger partial charge on any atom is 0.180 e. The van der Waals surface area contributed by atoms with Crippen LogP contribution in [0.1, 0.15) is 56.0 Å². The minimum absolute atomic E-state index is 0.425. The number of hydrogen-bond acceptors (Lipinski definition) is 3. The van der Waals surface area contributed by atoms with E-state index in [4.69, 9.17) is 10.7 Å². The quantitative estimate of drug-likeness (QED) is 0.881. The smallest absolute Gasteiger partial charge is 0.180 e. The van der Waals surface area contributed by atoms with Gasteiger partial charge in [-0.15, -0.1) is 11.3 Å². The first-order valence-corrected chi connectivity index (χ1v) is 8.26. The van der Waals surface area contributed by atoms with E-state index in [1.165, 1.54) is 49.1 Å². The van der Waals surface area contributed by atoms with Crippen molar-refractivity contribution >= 4 is 16.5 Å². The third-order valence-corrected chi connectivity index (χ3v) is 6.60. The lowest BCUT2D eigenvalue weighted by atomic mass is 9.48. The molecule has 0 amide bonds. The molecular formula is C15H22N2S. The molecule has 18 heavy (non-hydrogen) atoms. The van der Waals surface area contributed by atoms with Crippen molar-refractivity contribution < 1.29 is 0 Å². The summed E-state index contributed by atoms with van der Waals surface area (Å²) in [5, 5.41) is 0.789. The van der Waals surface area contributed by atoms with Gasteiger partial charge in [0.25, 0.3) is 0 Å². The van der Waals surface area contributed by atoms with Crippen LogP contribution in [0, 0.1) is 17.8 Å². The van der Waals surface area contributed by atoms with Crippen molar-refractivity contribution in [2.75, 3.05) is 5.73 Å². The van der Waals surface area contributed by atoms with Crippen molar-refractivity contribution in [3.05, 3.63) is 10.6 Å². The van der Waals surface area contributed by atoms with E-state index in [9.17, 15) is 0 Å². The Morgan fingerprint density at radius 3 is 2.22 bits per heavy atom. The number of nitrogen functional groups attached to an aromatic ring is 1. The number of hydrogen-bond donors (Lipinski definition) is 1. The summed E-state index contributed by atoms with van der Waals surface area (Å²) in [5.41, 5.74) is 7.81. The van der Waals surface area contributed by atoms with Crippen LogP contribution in [0.2, 0.25) is 0 Å². The molecule has 0 saturated heterocycles. The molecule has 4 aliphatic rings. The van der Waals surface area contributed by atoms with Crippen LogP contribution in [0.3, 0.4) is 0 Å². The molecule has 98 valence electrons. The number of anilines is 1. The molecule has 0 aliphatic heterocycles. The van der Waals surface area contributed by atoms with Crippen molar-refractivity contribution in [3.8, 4) is 0 Å². The zero-order valence-corrected chi connectivity index (χ0v) is 11.9. The average molecular weight is 262 g/mol. The van der Waals surface area contributed by atoms with Gasteiger partial charge < -0.3 is 5.73 Å². The molecular weight excluding hydrogens is 240 g/mol. The van der Waals surface area contributed by atoms with Gasteiger partial charge in [0.15, 0.2) is 5.13 Å². The van der Waals surface area contributed by atoms with Gasteiger partial charge in [-0.3, -0.25) is 0 Å². The van der Waals surface area contributed by atoms with Crippen LogP contribution >= 0.6 is 11.3 Å². The lowest BCUT2D eigenvalue weighted by molar-refractivity contribution is -0.00724. The van der Waals surface area contributed by atoms with E-state index in [-0.39, 0.29) is 0 Å². The van der Waals surface area contributed by atoms with Gasteiger partial charge in [-0.05, 0) is 62.7 Å². The maximum absolute atomic E-state index is 5.98. The topological polar surface area (TPSA) is 38.9 Å². The fraction of sp³-hybridized carbons (Fsp3) is 0.800. The zero-order valence-electron chi connectivity index (χ0n) is 11.1. The molecule has 4 bridgehead atoms. The van der Waals surface area contributed by atoms with Crippen molar-refractivity contribution in [1.29, 1.82) is 0 Å². The van der Waals surface area contributed by atoms with Crippen molar-refractivity contribution in [3.63, 3.8) is 0 Å². The lowest BCUT2D eigenvalue weighted by Gasteiger charge is -2.56. The normalized spacial score (nSPS) is 41.5. The van der Waals surface area contributed by atoms with E-state index in [1.54, 1.807) is 11.3 Å². The average Bonchev–Trinajstić information content (AvgIpc) is 2.69. The standard InChI is InChI=1S/C15H22N2S/c1-2-12-13(17-14(16)18-12)15-6-9-3-10(7-15)5-11(4-9)8-15/h9-11H,2-8H2,1H3,(H2,16,17). The Balaban J connectivity index is 1.78. The van der Waals surface area contributed by atoms with Crippen molar-refractivity contribution in [1.82, 2.24) is 4.98 Å². The number of nitrogens with two attached hydrogens (primary N) is 1. The van der Waals surface area contributed by atoms with E-state index in [0.29, 0.717) is 5.41 Å². The highest BCUT2D eigenvalue weighted by molar-refractivity contribution is 7.15. The number of nitrogens with zero attached hydrogens (tertiary/aromatic N) is 1. The van der Waals surface area contributed by atoms with E-state index < -0.39 is 0 Å². The van der Waals surface area contributed by atoms with Crippen LogP contribution in [0.4, 0.5) is 5.13 Å². The van der Waals surface area contributed by atoms with Crippen LogP contribution in [-0.2, 0) is 11.8 Å². The number of thiazole rings is 1. The summed E-state index contributed by atoms with van der Waals surface area (Å²) in [7, 11) is 0. The maximum atomic E-state index is 5.98. The summed E-state index contributed by atoms with van der Waals surface area (Å²) >= 11 is 1.73. The van der Waals surface area contributed by atoms with Gasteiger partial charge in [0.2, 0.25) is 0 Å². The molecule has 0 radical (unpaired) electrons. The molecule has 5 rings (SSSR count). The summed E-state index contributed by atoms with van der Waals surface area (Å²) in [6.07, 6.45) is 9.80. The fourth-order valence-corrected chi connectivity index (χ4v) is 6.32. The lowest BCUT2D eigenvalue weighted by Crippen LogP contribution is -2.49. The van der Waals surface area contributed by atoms with Crippen LogP contribution in [0.25, 0.3) is 0 Å². The van der Waals surface area contributed by atoms with Gasteiger partial charge in [-0.1, -0.05) is 6.92 Å². The summed E-state index contributed by atoms with van der Waals surface area (Å²) in [4.78, 5) is 6.23. The molecule has 1 heterocycles. The summed E-state index contributed by atoms with van der Waals surface area (Å²) < 4.78 is 0. The van der Waals surface area contributed by atoms with Gasteiger partial charge >= 0.3 is 0 Å². The van der Waals surface area contributed by atoms with Crippen LogP contribution in [0.15, 0.2) is 0 Å². The third kappa shape index (κ3) is 1.49. The third-order valence-electron chi connectivity index (χ3n) is 5.58. The van der Waals surface area contributed by atoms with E-state index >= 15 is 0 Å². The zero-order chi connectivity index (χ0) is 12.3. The minimum atomic E-state index is 0.425. The largest absolute Gasteiger partial charge is 0.375 e. The second-order valence-corrected chi connectivity index (χ2v) is 7.99. The van der Waals surface area contributed by atoms with Gasteiger partial charge in [0.1, 0.15) is 0 Å². The van der Waals surface area contributed by atoms with Crippen molar-refractivity contribution in [2.45, 2.75) is 57.3 Å². The minimum Gasteiger partial charge on any atom is -0.375 e. The van der Waals surface area contributed by atoms with Crippen LogP contribution in [-0.4, -0.2) is 4.98 Å². The number of aryl methyl sites for hydroxylation is 1. The van der Waals surface area contributed by atoms with Gasteiger partial charge in [0, 0.05) is 10.3 Å². The molecule has 4 aliphatic carbocycles. The molecule has 2 N–H and O–H groups in total. The van der Waals surface area contributed by atoms with E-state index in [2.05, 4.69) is 6.92 Å². The highest BCUT2D eigenvalue weighted by Gasteiger charge is 2.53.